The third-order valence-corrected chi connectivity index (χ3v) is 4.98. The van der Waals surface area contributed by atoms with E-state index in [-0.39, 0.29) is 19.8 Å². The molecule has 1 atom stereocenters. The molecule has 0 aromatic heterocycles. The molecule has 1 aliphatic heterocycles. The lowest BCUT2D eigenvalue weighted by Crippen LogP contribution is -2.40. The normalized spacial score (nSPS) is 15.3. The second kappa shape index (κ2) is 7.72. The topological polar surface area (TPSA) is 130 Å². The van der Waals surface area contributed by atoms with Gasteiger partial charge in [-0.15, -0.1) is 0 Å². The summed E-state index contributed by atoms with van der Waals surface area (Å²) in [6.07, 6.45) is 0. The second-order valence-corrected chi connectivity index (χ2v) is 7.29. The molecule has 1 aromatic carbocycles. The van der Waals surface area contributed by atoms with Crippen LogP contribution >= 0.6 is 0 Å². The first kappa shape index (κ1) is 19.0. The summed E-state index contributed by atoms with van der Waals surface area (Å²) in [4.78, 5) is 35.9. The number of carboxylic acid groups (broad SMARTS) is 1. The van der Waals surface area contributed by atoms with E-state index >= 15 is 0 Å². The fourth-order valence-electron chi connectivity index (χ4n) is 2.25. The van der Waals surface area contributed by atoms with Gasteiger partial charge in [-0.05, 0) is 19.1 Å². The largest absolute Gasteiger partial charge is 0.480 e. The Balaban J connectivity index is 1.76. The van der Waals surface area contributed by atoms with Crippen LogP contribution in [-0.2, 0) is 19.6 Å². The van der Waals surface area contributed by atoms with Crippen molar-refractivity contribution in [1.82, 2.24) is 9.62 Å². The molecular weight excluding hydrogens is 352 g/mol. The molecule has 0 fully saturated rings. The molecule has 9 nitrogen and oxygen atoms in total. The molecule has 10 heteroatoms. The molecule has 136 valence electrons. The van der Waals surface area contributed by atoms with Crippen LogP contribution in [0.15, 0.2) is 24.3 Å². The first-order valence-corrected chi connectivity index (χ1v) is 9.14. The number of amides is 2. The number of hydrogen-bond acceptors (Lipinski definition) is 6. The van der Waals surface area contributed by atoms with Crippen molar-refractivity contribution >= 4 is 27.8 Å². The van der Waals surface area contributed by atoms with Crippen LogP contribution in [0.4, 0.5) is 0 Å². The van der Waals surface area contributed by atoms with Gasteiger partial charge in [0.2, 0.25) is 10.0 Å². The number of nitrogens with one attached hydrogen (secondary N) is 1. The van der Waals surface area contributed by atoms with Gasteiger partial charge >= 0.3 is 5.97 Å². The zero-order chi connectivity index (χ0) is 18.6. The standard InChI is InChI=1S/C15H18N2O7S/c1-10(15(20)21)16-25(22,23)9-8-24-7-6-17-13(18)11-4-2-3-5-12(11)14(17)19/h2-5,10,16H,6-9H2,1H3,(H,20,21)/t10-/m0/s1. The van der Waals surface area contributed by atoms with Crippen molar-refractivity contribution in [2.24, 2.45) is 0 Å². The van der Waals surface area contributed by atoms with E-state index in [2.05, 4.69) is 0 Å². The first-order valence-electron chi connectivity index (χ1n) is 7.48. The highest BCUT2D eigenvalue weighted by Gasteiger charge is 2.34. The lowest BCUT2D eigenvalue weighted by Gasteiger charge is -2.14. The third kappa shape index (κ3) is 4.62. The molecule has 2 amide bonds. The summed E-state index contributed by atoms with van der Waals surface area (Å²) in [5, 5.41) is 8.67. The second-order valence-electron chi connectivity index (χ2n) is 5.42. The number of nitrogens with zero attached hydrogens (tertiary/aromatic N) is 1. The van der Waals surface area contributed by atoms with E-state index in [0.717, 1.165) is 4.90 Å². The van der Waals surface area contributed by atoms with E-state index in [1.165, 1.54) is 6.92 Å². The molecule has 0 aliphatic carbocycles. The minimum atomic E-state index is -3.79. The molecule has 0 spiro atoms. The molecule has 0 radical (unpaired) electrons. The monoisotopic (exact) mass is 370 g/mol. The molecule has 0 bridgehead atoms. The minimum Gasteiger partial charge on any atom is -0.480 e. The summed E-state index contributed by atoms with van der Waals surface area (Å²) in [6, 6.07) is 5.24. The number of carbonyl (C=O) groups is 3. The number of rotatable bonds is 9. The summed E-state index contributed by atoms with van der Waals surface area (Å²) >= 11 is 0. The highest BCUT2D eigenvalue weighted by atomic mass is 32.2. The van der Waals surface area contributed by atoms with Crippen molar-refractivity contribution in [2.75, 3.05) is 25.5 Å². The molecule has 1 aromatic rings. The quantitative estimate of drug-likeness (QED) is 0.450. The smallest absolute Gasteiger partial charge is 0.321 e. The summed E-state index contributed by atoms with van der Waals surface area (Å²) in [7, 11) is -3.79. The Morgan fingerprint density at radius 2 is 1.76 bits per heavy atom. The summed E-state index contributed by atoms with van der Waals surface area (Å²) < 4.78 is 30.4. The van der Waals surface area contributed by atoms with E-state index in [0.29, 0.717) is 11.1 Å². The molecule has 0 unspecified atom stereocenters. The zero-order valence-corrected chi connectivity index (χ0v) is 14.3. The summed E-state index contributed by atoms with van der Waals surface area (Å²) in [5.41, 5.74) is 0.670. The van der Waals surface area contributed by atoms with Crippen molar-refractivity contribution in [1.29, 1.82) is 0 Å². The number of imide groups is 1. The zero-order valence-electron chi connectivity index (χ0n) is 13.5. The Bertz CT molecular complexity index is 756. The maximum atomic E-state index is 12.1. The van der Waals surface area contributed by atoms with E-state index in [4.69, 9.17) is 9.84 Å². The van der Waals surface area contributed by atoms with Crippen molar-refractivity contribution in [3.8, 4) is 0 Å². The van der Waals surface area contributed by atoms with Crippen LogP contribution < -0.4 is 4.72 Å². The predicted molar refractivity (Wildman–Crippen MR) is 86.6 cm³/mol. The minimum absolute atomic E-state index is 0.00531. The number of aliphatic carboxylic acids is 1. The molecule has 25 heavy (non-hydrogen) atoms. The lowest BCUT2D eigenvalue weighted by atomic mass is 10.1. The van der Waals surface area contributed by atoms with E-state index in [1.807, 2.05) is 4.72 Å². The summed E-state index contributed by atoms with van der Waals surface area (Å²) in [5.74, 6) is -2.52. The Morgan fingerprint density at radius 1 is 1.20 bits per heavy atom. The van der Waals surface area contributed by atoms with E-state index < -0.39 is 39.6 Å². The van der Waals surface area contributed by atoms with Gasteiger partial charge < -0.3 is 9.84 Å². The molecule has 2 rings (SSSR count). The third-order valence-electron chi connectivity index (χ3n) is 3.56. The average Bonchev–Trinajstić information content (AvgIpc) is 2.79. The van der Waals surface area contributed by atoms with Gasteiger partial charge in [-0.3, -0.25) is 19.3 Å². The molecule has 0 saturated heterocycles. The van der Waals surface area contributed by atoms with E-state index in [1.54, 1.807) is 24.3 Å². The SMILES string of the molecule is C[C@H](NS(=O)(=O)CCOCCN1C(=O)c2ccccc2C1=O)C(=O)O. The van der Waals surface area contributed by atoms with Crippen LogP contribution in [0.25, 0.3) is 0 Å². The highest BCUT2D eigenvalue weighted by Crippen LogP contribution is 2.21. The highest BCUT2D eigenvalue weighted by molar-refractivity contribution is 7.89. The van der Waals surface area contributed by atoms with Gasteiger partial charge in [-0.1, -0.05) is 12.1 Å². The fraction of sp³-hybridized carbons (Fsp3) is 0.400. The van der Waals surface area contributed by atoms with Gasteiger partial charge in [0.25, 0.3) is 11.8 Å². The number of benzene rings is 1. The van der Waals surface area contributed by atoms with Crippen molar-refractivity contribution in [3.05, 3.63) is 35.4 Å². The van der Waals surface area contributed by atoms with Gasteiger partial charge in [-0.25, -0.2) is 13.1 Å². The van der Waals surface area contributed by atoms with Crippen LogP contribution in [0.2, 0.25) is 0 Å². The number of carbonyl (C=O) groups excluding carboxylic acids is 2. The van der Waals surface area contributed by atoms with Crippen molar-refractivity contribution < 1.29 is 32.6 Å². The van der Waals surface area contributed by atoms with Crippen molar-refractivity contribution in [2.45, 2.75) is 13.0 Å². The maximum absolute atomic E-state index is 12.1. The molecule has 0 saturated carbocycles. The molecule has 1 aliphatic rings. The van der Waals surface area contributed by atoms with Gasteiger partial charge in [0.05, 0.1) is 36.6 Å². The predicted octanol–water partition coefficient (Wildman–Crippen LogP) is -0.308. The van der Waals surface area contributed by atoms with Crippen LogP contribution in [0.1, 0.15) is 27.6 Å². The van der Waals surface area contributed by atoms with Gasteiger partial charge in [0.15, 0.2) is 0 Å². The van der Waals surface area contributed by atoms with Gasteiger partial charge in [0.1, 0.15) is 6.04 Å². The number of ether oxygens (including phenoxy) is 1. The number of carboxylic acids is 1. The van der Waals surface area contributed by atoms with Gasteiger partial charge in [0, 0.05) is 0 Å². The number of fused-ring (bicyclic) bond motifs is 1. The lowest BCUT2D eigenvalue weighted by molar-refractivity contribution is -0.138. The number of hydrogen-bond donors (Lipinski definition) is 2. The van der Waals surface area contributed by atoms with Gasteiger partial charge in [-0.2, -0.15) is 0 Å². The average molecular weight is 370 g/mol. The Hall–Kier alpha value is -2.30. The van der Waals surface area contributed by atoms with Crippen LogP contribution in [-0.4, -0.2) is 67.8 Å². The van der Waals surface area contributed by atoms with Crippen molar-refractivity contribution in [3.63, 3.8) is 0 Å². The Morgan fingerprint density at radius 3 is 2.28 bits per heavy atom. The Labute approximate surface area is 144 Å². The molecule has 2 N–H and O–H groups in total. The van der Waals surface area contributed by atoms with Crippen LogP contribution in [0, 0.1) is 0 Å². The van der Waals surface area contributed by atoms with Crippen LogP contribution in [0.3, 0.4) is 0 Å². The number of sulfonamides is 1. The Kier molecular flexibility index (Phi) is 5.88. The summed E-state index contributed by atoms with van der Waals surface area (Å²) in [6.45, 7) is 1.01. The molecule has 1 heterocycles. The van der Waals surface area contributed by atoms with Crippen LogP contribution in [0.5, 0.6) is 0 Å². The maximum Gasteiger partial charge on any atom is 0.321 e. The fourth-order valence-corrected chi connectivity index (χ4v) is 3.34. The first-order chi connectivity index (χ1) is 11.7. The van der Waals surface area contributed by atoms with E-state index in [9.17, 15) is 22.8 Å². The molecular formula is C15H18N2O7S.